The van der Waals surface area contributed by atoms with Gasteiger partial charge in [-0.1, -0.05) is 24.1 Å². The maximum absolute atomic E-state index is 13.0. The molecule has 2 unspecified atom stereocenters. The summed E-state index contributed by atoms with van der Waals surface area (Å²) in [6, 6.07) is 5.95. The molecular formula is C21H31N3O2. The fraction of sp³-hybridized carbons (Fsp3) is 0.619. The number of benzene rings is 1. The quantitative estimate of drug-likeness (QED) is 0.903. The van der Waals surface area contributed by atoms with Crippen molar-refractivity contribution in [2.45, 2.75) is 40.0 Å². The van der Waals surface area contributed by atoms with Gasteiger partial charge in [0.2, 0.25) is 5.91 Å². The van der Waals surface area contributed by atoms with Crippen LogP contribution in [-0.4, -0.2) is 54.3 Å². The number of aryl methyl sites for hydroxylation is 2. The zero-order valence-electron chi connectivity index (χ0n) is 16.3. The fourth-order valence-corrected chi connectivity index (χ4v) is 4.28. The molecule has 2 amide bonds. The van der Waals surface area contributed by atoms with Gasteiger partial charge in [0.1, 0.15) is 0 Å². The van der Waals surface area contributed by atoms with E-state index in [0.717, 1.165) is 55.6 Å². The first kappa shape index (κ1) is 18.9. The van der Waals surface area contributed by atoms with E-state index >= 15 is 0 Å². The van der Waals surface area contributed by atoms with Crippen LogP contribution in [0.1, 0.15) is 47.7 Å². The van der Waals surface area contributed by atoms with Crippen molar-refractivity contribution in [1.29, 1.82) is 0 Å². The lowest BCUT2D eigenvalue weighted by Crippen LogP contribution is -2.46. The normalized spacial score (nSPS) is 26.2. The van der Waals surface area contributed by atoms with Crippen LogP contribution in [0.15, 0.2) is 18.2 Å². The van der Waals surface area contributed by atoms with Crippen molar-refractivity contribution >= 4 is 11.8 Å². The van der Waals surface area contributed by atoms with E-state index in [1.165, 1.54) is 0 Å². The lowest BCUT2D eigenvalue weighted by molar-refractivity contribution is -0.136. The van der Waals surface area contributed by atoms with Crippen molar-refractivity contribution in [3.8, 4) is 0 Å². The van der Waals surface area contributed by atoms with E-state index in [1.807, 2.05) is 35.8 Å². The molecule has 0 saturated carbocycles. The van der Waals surface area contributed by atoms with Crippen molar-refractivity contribution in [2.24, 2.45) is 17.1 Å². The number of hydrogen-bond donors (Lipinski definition) is 1. The first-order chi connectivity index (χ1) is 12.3. The smallest absolute Gasteiger partial charge is 0.253 e. The van der Waals surface area contributed by atoms with Crippen LogP contribution in [-0.2, 0) is 4.79 Å². The van der Waals surface area contributed by atoms with Gasteiger partial charge in [0.25, 0.3) is 5.91 Å². The Hall–Kier alpha value is -1.88. The van der Waals surface area contributed by atoms with E-state index in [2.05, 4.69) is 13.0 Å². The third kappa shape index (κ3) is 3.93. The molecule has 5 heteroatoms. The van der Waals surface area contributed by atoms with Gasteiger partial charge in [0.15, 0.2) is 0 Å². The van der Waals surface area contributed by atoms with Gasteiger partial charge in [-0.25, -0.2) is 0 Å². The second-order valence-electron chi connectivity index (χ2n) is 8.49. The summed E-state index contributed by atoms with van der Waals surface area (Å²) in [6.45, 7) is 9.56. The molecule has 0 spiro atoms. The average Bonchev–Trinajstić information content (AvgIpc) is 3.03. The summed E-state index contributed by atoms with van der Waals surface area (Å²) in [5.41, 5.74) is 8.83. The molecule has 2 aliphatic rings. The molecule has 0 aliphatic carbocycles. The molecule has 2 fully saturated rings. The summed E-state index contributed by atoms with van der Waals surface area (Å²) in [5, 5.41) is 0. The maximum Gasteiger partial charge on any atom is 0.253 e. The Bertz CT molecular complexity index is 682. The predicted molar refractivity (Wildman–Crippen MR) is 103 cm³/mol. The molecule has 2 atom stereocenters. The third-order valence-electron chi connectivity index (χ3n) is 5.89. The summed E-state index contributed by atoms with van der Waals surface area (Å²) in [7, 11) is 0. The highest BCUT2D eigenvalue weighted by atomic mass is 16.2. The maximum atomic E-state index is 13.0. The number of rotatable bonds is 3. The number of nitrogens with two attached hydrogens (primary N) is 1. The molecule has 0 radical (unpaired) electrons. The first-order valence-corrected chi connectivity index (χ1v) is 9.68. The number of piperidine rings is 1. The Balaban J connectivity index is 1.67. The molecule has 26 heavy (non-hydrogen) atoms. The van der Waals surface area contributed by atoms with Crippen LogP contribution in [0, 0.1) is 25.2 Å². The van der Waals surface area contributed by atoms with Gasteiger partial charge in [-0.2, -0.15) is 0 Å². The van der Waals surface area contributed by atoms with Crippen LogP contribution in [0.3, 0.4) is 0 Å². The van der Waals surface area contributed by atoms with Crippen LogP contribution in [0.25, 0.3) is 0 Å². The van der Waals surface area contributed by atoms with Crippen LogP contribution in [0.5, 0.6) is 0 Å². The second kappa shape index (κ2) is 7.39. The van der Waals surface area contributed by atoms with Gasteiger partial charge in [0.05, 0.1) is 5.92 Å². The highest BCUT2D eigenvalue weighted by Gasteiger charge is 2.38. The van der Waals surface area contributed by atoms with Crippen LogP contribution >= 0.6 is 0 Å². The molecule has 142 valence electrons. The molecule has 1 aromatic carbocycles. The Labute approximate surface area is 156 Å². The average molecular weight is 357 g/mol. The molecule has 0 aromatic heterocycles. The van der Waals surface area contributed by atoms with Crippen LogP contribution in [0.2, 0.25) is 0 Å². The van der Waals surface area contributed by atoms with E-state index < -0.39 is 0 Å². The number of hydrogen-bond acceptors (Lipinski definition) is 3. The standard InChI is InChI=1S/C21H31N3O2/c1-15-9-16(2)11-18(10-15)20(26)23-7-4-5-17(12-23)19(25)24-8-6-21(3,13-22)14-24/h9-11,17H,4-8,12-14,22H2,1-3H3. The van der Waals surface area contributed by atoms with E-state index in [9.17, 15) is 9.59 Å². The predicted octanol–water partition coefficient (Wildman–Crippen LogP) is 2.35. The third-order valence-corrected chi connectivity index (χ3v) is 5.89. The first-order valence-electron chi connectivity index (χ1n) is 9.68. The lowest BCUT2D eigenvalue weighted by atomic mass is 9.90. The summed E-state index contributed by atoms with van der Waals surface area (Å²) in [6.07, 6.45) is 2.72. The largest absolute Gasteiger partial charge is 0.342 e. The van der Waals surface area contributed by atoms with E-state index in [1.54, 1.807) is 0 Å². The van der Waals surface area contributed by atoms with Gasteiger partial charge in [0, 0.05) is 31.7 Å². The molecule has 2 heterocycles. The Kier molecular flexibility index (Phi) is 5.37. The van der Waals surface area contributed by atoms with E-state index in [-0.39, 0.29) is 23.1 Å². The molecule has 2 saturated heterocycles. The van der Waals surface area contributed by atoms with Crippen molar-refractivity contribution < 1.29 is 9.59 Å². The van der Waals surface area contributed by atoms with Crippen molar-refractivity contribution in [1.82, 2.24) is 9.80 Å². The Morgan fingerprint density at radius 3 is 2.46 bits per heavy atom. The number of carbonyl (C=O) groups is 2. The van der Waals surface area contributed by atoms with Crippen molar-refractivity contribution in [2.75, 3.05) is 32.7 Å². The Morgan fingerprint density at radius 1 is 1.15 bits per heavy atom. The summed E-state index contributed by atoms with van der Waals surface area (Å²) >= 11 is 0. The van der Waals surface area contributed by atoms with Gasteiger partial charge >= 0.3 is 0 Å². The summed E-state index contributed by atoms with van der Waals surface area (Å²) in [5.74, 6) is 0.154. The minimum atomic E-state index is -0.0845. The minimum Gasteiger partial charge on any atom is -0.342 e. The van der Waals surface area contributed by atoms with Gasteiger partial charge < -0.3 is 15.5 Å². The lowest BCUT2D eigenvalue weighted by Gasteiger charge is -2.34. The molecule has 0 bridgehead atoms. The zero-order valence-corrected chi connectivity index (χ0v) is 16.3. The Morgan fingerprint density at radius 2 is 1.85 bits per heavy atom. The van der Waals surface area contributed by atoms with Crippen molar-refractivity contribution in [3.63, 3.8) is 0 Å². The number of amides is 2. The molecule has 2 N–H and O–H groups in total. The second-order valence-corrected chi connectivity index (χ2v) is 8.49. The zero-order chi connectivity index (χ0) is 18.9. The van der Waals surface area contributed by atoms with Crippen LogP contribution in [0.4, 0.5) is 0 Å². The highest BCUT2D eigenvalue weighted by molar-refractivity contribution is 5.95. The van der Waals surface area contributed by atoms with Crippen LogP contribution < -0.4 is 5.73 Å². The molecule has 1 aromatic rings. The van der Waals surface area contributed by atoms with E-state index in [0.29, 0.717) is 13.1 Å². The molecule has 3 rings (SSSR count). The fourth-order valence-electron chi connectivity index (χ4n) is 4.28. The number of carbonyl (C=O) groups excluding carboxylic acids is 2. The molecule has 5 nitrogen and oxygen atoms in total. The number of nitrogens with zero attached hydrogens (tertiary/aromatic N) is 2. The monoisotopic (exact) mass is 357 g/mol. The molecular weight excluding hydrogens is 326 g/mol. The highest BCUT2D eigenvalue weighted by Crippen LogP contribution is 2.31. The van der Waals surface area contributed by atoms with Gasteiger partial charge in [-0.15, -0.1) is 0 Å². The summed E-state index contributed by atoms with van der Waals surface area (Å²) in [4.78, 5) is 29.7. The van der Waals surface area contributed by atoms with Crippen molar-refractivity contribution in [3.05, 3.63) is 34.9 Å². The molecule has 2 aliphatic heterocycles. The number of likely N-dealkylation sites (tertiary alicyclic amines) is 2. The van der Waals surface area contributed by atoms with Gasteiger partial charge in [-0.05, 0) is 57.2 Å². The topological polar surface area (TPSA) is 66.6 Å². The summed E-state index contributed by atoms with van der Waals surface area (Å²) < 4.78 is 0. The minimum absolute atomic E-state index is 0.0406. The SMILES string of the molecule is Cc1cc(C)cc(C(=O)N2CCCC(C(=O)N3CCC(C)(CN)C3)C2)c1. The van der Waals surface area contributed by atoms with Gasteiger partial charge in [-0.3, -0.25) is 9.59 Å². The van der Waals surface area contributed by atoms with E-state index in [4.69, 9.17) is 5.73 Å².